The Balaban J connectivity index is 2.46. The lowest BCUT2D eigenvalue weighted by Crippen LogP contribution is -2.34. The van der Waals surface area contributed by atoms with Gasteiger partial charge in [0.2, 0.25) is 0 Å². The van der Waals surface area contributed by atoms with Crippen LogP contribution in [-0.4, -0.2) is 11.7 Å². The van der Waals surface area contributed by atoms with Gasteiger partial charge in [-0.05, 0) is 37.2 Å². The summed E-state index contributed by atoms with van der Waals surface area (Å²) in [5.74, 6) is 0. The number of rotatable bonds is 3. The van der Waals surface area contributed by atoms with Gasteiger partial charge in [-0.1, -0.05) is 24.3 Å². The molecule has 0 spiro atoms. The van der Waals surface area contributed by atoms with Gasteiger partial charge in [0.15, 0.2) is 5.11 Å². The highest BCUT2D eigenvalue weighted by Crippen LogP contribution is 2.05. The first-order chi connectivity index (χ1) is 6.74. The molecular formula is C11H16N2S. The first kappa shape index (κ1) is 11.0. The van der Waals surface area contributed by atoms with E-state index in [0.29, 0.717) is 0 Å². The molecular weight excluding hydrogens is 192 g/mol. The van der Waals surface area contributed by atoms with Crippen LogP contribution in [0, 0.1) is 6.92 Å². The largest absolute Gasteiger partial charge is 0.363 e. The molecule has 0 fully saturated rings. The molecule has 14 heavy (non-hydrogen) atoms. The van der Waals surface area contributed by atoms with Crippen LogP contribution in [0.2, 0.25) is 0 Å². The molecule has 1 rings (SSSR count). The summed E-state index contributed by atoms with van der Waals surface area (Å²) in [7, 11) is 0. The maximum atomic E-state index is 5.07. The summed E-state index contributed by atoms with van der Waals surface area (Å²) in [5.41, 5.74) is 2.58. The molecule has 0 aliphatic heterocycles. The lowest BCUT2D eigenvalue weighted by molar-refractivity contribution is 0.850. The Bertz CT molecular complexity index is 310. The van der Waals surface area contributed by atoms with Gasteiger partial charge in [0, 0.05) is 13.1 Å². The monoisotopic (exact) mass is 208 g/mol. The first-order valence-corrected chi connectivity index (χ1v) is 5.21. The fourth-order valence-corrected chi connectivity index (χ4v) is 1.42. The molecule has 2 N–H and O–H groups in total. The van der Waals surface area contributed by atoms with Crippen molar-refractivity contribution in [1.82, 2.24) is 10.6 Å². The van der Waals surface area contributed by atoms with Gasteiger partial charge in [0.05, 0.1) is 0 Å². The highest BCUT2D eigenvalue weighted by Gasteiger charge is 1.97. The van der Waals surface area contributed by atoms with E-state index >= 15 is 0 Å². The molecule has 3 heteroatoms. The van der Waals surface area contributed by atoms with Crippen molar-refractivity contribution in [1.29, 1.82) is 0 Å². The molecule has 76 valence electrons. The van der Waals surface area contributed by atoms with E-state index in [9.17, 15) is 0 Å². The molecule has 0 unspecified atom stereocenters. The van der Waals surface area contributed by atoms with Gasteiger partial charge in [-0.2, -0.15) is 0 Å². The third kappa shape index (κ3) is 3.34. The molecule has 0 atom stereocenters. The van der Waals surface area contributed by atoms with E-state index in [-0.39, 0.29) is 0 Å². The normalized spacial score (nSPS) is 9.57. The van der Waals surface area contributed by atoms with Crippen LogP contribution in [-0.2, 0) is 6.54 Å². The van der Waals surface area contributed by atoms with Crippen molar-refractivity contribution in [3.8, 4) is 0 Å². The van der Waals surface area contributed by atoms with Gasteiger partial charge >= 0.3 is 0 Å². The number of nitrogens with one attached hydrogen (secondary N) is 2. The molecule has 0 radical (unpaired) electrons. The molecule has 1 aromatic carbocycles. The van der Waals surface area contributed by atoms with Crippen LogP contribution in [0.3, 0.4) is 0 Å². The molecule has 0 saturated carbocycles. The minimum atomic E-state index is 0.718. The summed E-state index contributed by atoms with van der Waals surface area (Å²) < 4.78 is 0. The first-order valence-electron chi connectivity index (χ1n) is 4.80. The molecule has 0 aliphatic carbocycles. The summed E-state index contributed by atoms with van der Waals surface area (Å²) in [6.07, 6.45) is 0. The lowest BCUT2D eigenvalue weighted by atomic mass is 10.1. The topological polar surface area (TPSA) is 24.1 Å². The second-order valence-electron chi connectivity index (χ2n) is 3.14. The minimum absolute atomic E-state index is 0.718. The van der Waals surface area contributed by atoms with Crippen LogP contribution in [0.5, 0.6) is 0 Å². The average Bonchev–Trinajstić information content (AvgIpc) is 2.17. The van der Waals surface area contributed by atoms with E-state index in [1.54, 1.807) is 0 Å². The maximum Gasteiger partial charge on any atom is 0.166 e. The van der Waals surface area contributed by atoms with Crippen molar-refractivity contribution in [2.45, 2.75) is 20.4 Å². The van der Waals surface area contributed by atoms with Crippen LogP contribution in [0.25, 0.3) is 0 Å². The van der Waals surface area contributed by atoms with Gasteiger partial charge < -0.3 is 10.6 Å². The molecule has 0 amide bonds. The third-order valence-corrected chi connectivity index (χ3v) is 2.33. The Morgan fingerprint density at radius 2 is 2.00 bits per heavy atom. The van der Waals surface area contributed by atoms with Crippen molar-refractivity contribution in [3.05, 3.63) is 35.4 Å². The Kier molecular flexibility index (Phi) is 4.40. The van der Waals surface area contributed by atoms with E-state index in [0.717, 1.165) is 18.2 Å². The zero-order chi connectivity index (χ0) is 10.4. The lowest BCUT2D eigenvalue weighted by Gasteiger charge is -2.10. The Labute approximate surface area is 90.7 Å². The van der Waals surface area contributed by atoms with E-state index < -0.39 is 0 Å². The fraction of sp³-hybridized carbons (Fsp3) is 0.364. The summed E-state index contributed by atoms with van der Waals surface area (Å²) in [6.45, 7) is 5.78. The van der Waals surface area contributed by atoms with Crippen LogP contribution in [0.15, 0.2) is 24.3 Å². The number of hydrogen-bond acceptors (Lipinski definition) is 1. The predicted molar refractivity (Wildman–Crippen MR) is 64.3 cm³/mol. The van der Waals surface area contributed by atoms with Crippen molar-refractivity contribution < 1.29 is 0 Å². The van der Waals surface area contributed by atoms with E-state index in [1.165, 1.54) is 11.1 Å². The van der Waals surface area contributed by atoms with Gasteiger partial charge in [-0.15, -0.1) is 0 Å². The molecule has 0 aliphatic rings. The highest BCUT2D eigenvalue weighted by atomic mass is 32.1. The number of thiocarbonyl (C=S) groups is 1. The Morgan fingerprint density at radius 1 is 1.29 bits per heavy atom. The SMILES string of the molecule is CCNC(=S)NCc1ccccc1C. The fourth-order valence-electron chi connectivity index (χ4n) is 1.21. The zero-order valence-corrected chi connectivity index (χ0v) is 9.45. The molecule has 0 saturated heterocycles. The molecule has 1 aromatic rings. The van der Waals surface area contributed by atoms with Crippen LogP contribution in [0.4, 0.5) is 0 Å². The van der Waals surface area contributed by atoms with Gasteiger partial charge in [0.25, 0.3) is 0 Å². The predicted octanol–water partition coefficient (Wildman–Crippen LogP) is 1.98. The third-order valence-electron chi connectivity index (χ3n) is 2.04. The molecule has 0 aromatic heterocycles. The smallest absolute Gasteiger partial charge is 0.166 e. The van der Waals surface area contributed by atoms with E-state index in [4.69, 9.17) is 12.2 Å². The minimum Gasteiger partial charge on any atom is -0.363 e. The van der Waals surface area contributed by atoms with Gasteiger partial charge in [-0.3, -0.25) is 0 Å². The highest BCUT2D eigenvalue weighted by molar-refractivity contribution is 7.80. The number of benzene rings is 1. The van der Waals surface area contributed by atoms with E-state index in [2.05, 4.69) is 29.7 Å². The number of aryl methyl sites for hydroxylation is 1. The second kappa shape index (κ2) is 5.60. The van der Waals surface area contributed by atoms with Crippen molar-refractivity contribution >= 4 is 17.3 Å². The Morgan fingerprint density at radius 3 is 2.64 bits per heavy atom. The van der Waals surface area contributed by atoms with Crippen LogP contribution >= 0.6 is 12.2 Å². The summed E-state index contributed by atoms with van der Waals surface area (Å²) in [4.78, 5) is 0. The molecule has 0 bridgehead atoms. The summed E-state index contributed by atoms with van der Waals surface area (Å²) >= 11 is 5.07. The van der Waals surface area contributed by atoms with Crippen LogP contribution < -0.4 is 10.6 Å². The molecule has 0 heterocycles. The summed E-state index contributed by atoms with van der Waals surface area (Å²) in [6, 6.07) is 8.30. The van der Waals surface area contributed by atoms with Crippen molar-refractivity contribution in [2.24, 2.45) is 0 Å². The standard InChI is InChI=1S/C11H16N2S/c1-3-12-11(14)13-8-10-7-5-4-6-9(10)2/h4-7H,3,8H2,1-2H3,(H2,12,13,14). The summed E-state index contributed by atoms with van der Waals surface area (Å²) in [5, 5.41) is 6.93. The molecule has 2 nitrogen and oxygen atoms in total. The maximum absolute atomic E-state index is 5.07. The van der Waals surface area contributed by atoms with E-state index in [1.807, 2.05) is 19.1 Å². The quantitative estimate of drug-likeness (QED) is 0.743. The van der Waals surface area contributed by atoms with Gasteiger partial charge in [0.1, 0.15) is 0 Å². The second-order valence-corrected chi connectivity index (χ2v) is 3.55. The average molecular weight is 208 g/mol. The van der Waals surface area contributed by atoms with Crippen LogP contribution in [0.1, 0.15) is 18.1 Å². The van der Waals surface area contributed by atoms with Gasteiger partial charge in [-0.25, -0.2) is 0 Å². The van der Waals surface area contributed by atoms with Crippen molar-refractivity contribution in [2.75, 3.05) is 6.54 Å². The number of hydrogen-bond donors (Lipinski definition) is 2. The van der Waals surface area contributed by atoms with Crippen molar-refractivity contribution in [3.63, 3.8) is 0 Å². The zero-order valence-electron chi connectivity index (χ0n) is 8.63. The Hall–Kier alpha value is -1.09.